The maximum atomic E-state index is 12.8. The SMILES string of the molecule is COc1ccccc1C1C=C(c2ccc(Cl)cc2)Nc2nc(NS(=O)(=O)c3ccccc3)nn21. The highest BCUT2D eigenvalue weighted by molar-refractivity contribution is 7.92. The Labute approximate surface area is 201 Å². The van der Waals surface area contributed by atoms with Gasteiger partial charge in [-0.15, -0.1) is 5.10 Å². The number of hydrogen-bond acceptors (Lipinski definition) is 6. The molecule has 0 bridgehead atoms. The number of rotatable bonds is 6. The van der Waals surface area contributed by atoms with Gasteiger partial charge in [-0.25, -0.2) is 17.8 Å². The zero-order valence-electron chi connectivity index (χ0n) is 18.0. The van der Waals surface area contributed by atoms with E-state index in [0.29, 0.717) is 16.7 Å². The van der Waals surface area contributed by atoms with Crippen molar-refractivity contribution in [3.63, 3.8) is 0 Å². The smallest absolute Gasteiger partial charge is 0.264 e. The molecule has 172 valence electrons. The van der Waals surface area contributed by atoms with E-state index in [1.165, 1.54) is 12.1 Å². The van der Waals surface area contributed by atoms with Crippen LogP contribution in [0.3, 0.4) is 0 Å². The molecule has 8 nitrogen and oxygen atoms in total. The molecule has 0 spiro atoms. The number of aromatic nitrogens is 3. The fourth-order valence-corrected chi connectivity index (χ4v) is 4.83. The van der Waals surface area contributed by atoms with Crippen molar-refractivity contribution in [2.45, 2.75) is 10.9 Å². The number of halogens is 1. The van der Waals surface area contributed by atoms with Crippen molar-refractivity contribution in [1.82, 2.24) is 14.8 Å². The first-order chi connectivity index (χ1) is 16.4. The van der Waals surface area contributed by atoms with Crippen LogP contribution in [0.4, 0.5) is 11.9 Å². The highest BCUT2D eigenvalue weighted by atomic mass is 35.5. The van der Waals surface area contributed by atoms with Crippen LogP contribution in [0.1, 0.15) is 17.2 Å². The molecule has 0 fully saturated rings. The second kappa shape index (κ2) is 8.85. The van der Waals surface area contributed by atoms with E-state index in [-0.39, 0.29) is 10.8 Å². The molecule has 0 saturated carbocycles. The van der Waals surface area contributed by atoms with Gasteiger partial charge in [-0.3, -0.25) is 0 Å². The van der Waals surface area contributed by atoms with Gasteiger partial charge in [0.25, 0.3) is 16.0 Å². The van der Waals surface area contributed by atoms with Crippen molar-refractivity contribution in [3.8, 4) is 5.75 Å². The van der Waals surface area contributed by atoms with Gasteiger partial charge in [0.1, 0.15) is 11.8 Å². The summed E-state index contributed by atoms with van der Waals surface area (Å²) in [5.41, 5.74) is 2.52. The summed E-state index contributed by atoms with van der Waals surface area (Å²) in [4.78, 5) is 4.55. The van der Waals surface area contributed by atoms with Crippen LogP contribution in [-0.2, 0) is 10.0 Å². The van der Waals surface area contributed by atoms with Gasteiger partial charge in [0, 0.05) is 16.3 Å². The minimum absolute atomic E-state index is 0.0444. The Kier molecular flexibility index (Phi) is 5.72. The fourth-order valence-electron chi connectivity index (χ4n) is 3.75. The number of sulfonamides is 1. The summed E-state index contributed by atoms with van der Waals surface area (Å²) in [6.07, 6.45) is 1.98. The molecule has 4 aromatic rings. The Balaban J connectivity index is 1.58. The predicted octanol–water partition coefficient (Wildman–Crippen LogP) is 4.80. The van der Waals surface area contributed by atoms with Gasteiger partial charge >= 0.3 is 0 Å². The average molecular weight is 494 g/mol. The number of nitrogens with one attached hydrogen (secondary N) is 2. The van der Waals surface area contributed by atoms with E-state index < -0.39 is 16.1 Å². The predicted molar refractivity (Wildman–Crippen MR) is 131 cm³/mol. The van der Waals surface area contributed by atoms with Crippen molar-refractivity contribution in [2.24, 2.45) is 0 Å². The molecular formula is C24H20ClN5O3S. The molecule has 2 N–H and O–H groups in total. The van der Waals surface area contributed by atoms with Crippen LogP contribution in [0.15, 0.2) is 89.8 Å². The molecule has 1 unspecified atom stereocenters. The van der Waals surface area contributed by atoms with Gasteiger partial charge in [-0.05, 0) is 42.0 Å². The minimum Gasteiger partial charge on any atom is -0.496 e. The first-order valence-corrected chi connectivity index (χ1v) is 12.2. The largest absolute Gasteiger partial charge is 0.496 e. The first-order valence-electron chi connectivity index (χ1n) is 10.4. The lowest BCUT2D eigenvalue weighted by molar-refractivity contribution is 0.404. The molecule has 1 atom stereocenters. The molecule has 0 amide bonds. The molecule has 34 heavy (non-hydrogen) atoms. The summed E-state index contributed by atoms with van der Waals surface area (Å²) >= 11 is 6.06. The number of nitrogens with zero attached hydrogens (tertiary/aromatic N) is 3. The Morgan fingerprint density at radius 2 is 1.71 bits per heavy atom. The summed E-state index contributed by atoms with van der Waals surface area (Å²) in [6, 6.07) is 22.7. The molecule has 10 heteroatoms. The molecule has 0 saturated heterocycles. The number of para-hydroxylation sites is 1. The molecule has 5 rings (SSSR count). The number of anilines is 2. The van der Waals surface area contributed by atoms with E-state index >= 15 is 0 Å². The summed E-state index contributed by atoms with van der Waals surface area (Å²) in [5.74, 6) is 1.01. The third-order valence-electron chi connectivity index (χ3n) is 5.36. The average Bonchev–Trinajstić information content (AvgIpc) is 3.26. The highest BCUT2D eigenvalue weighted by Crippen LogP contribution is 2.37. The summed E-state index contributed by atoms with van der Waals surface area (Å²) < 4.78 is 35.3. The third-order valence-corrected chi connectivity index (χ3v) is 6.95. The second-order valence-electron chi connectivity index (χ2n) is 7.52. The van der Waals surface area contributed by atoms with Crippen LogP contribution in [0.25, 0.3) is 5.70 Å². The van der Waals surface area contributed by atoms with Gasteiger partial charge in [-0.1, -0.05) is 60.1 Å². The van der Waals surface area contributed by atoms with Crippen LogP contribution in [-0.4, -0.2) is 30.3 Å². The highest BCUT2D eigenvalue weighted by Gasteiger charge is 2.28. The van der Waals surface area contributed by atoms with Crippen LogP contribution in [0, 0.1) is 0 Å². The van der Waals surface area contributed by atoms with Crippen molar-refractivity contribution in [3.05, 3.63) is 101 Å². The normalized spacial score (nSPS) is 15.1. The molecule has 1 aliphatic heterocycles. The second-order valence-corrected chi connectivity index (χ2v) is 9.64. The number of hydrogen-bond donors (Lipinski definition) is 2. The maximum absolute atomic E-state index is 12.8. The van der Waals surface area contributed by atoms with E-state index in [1.54, 1.807) is 42.1 Å². The Hall–Kier alpha value is -3.82. The Morgan fingerprint density at radius 1 is 1.00 bits per heavy atom. The number of allylic oxidation sites excluding steroid dienone is 1. The Bertz CT molecular complexity index is 1470. The van der Waals surface area contributed by atoms with Crippen molar-refractivity contribution >= 4 is 39.2 Å². The fraction of sp³-hybridized carbons (Fsp3) is 0.0833. The maximum Gasteiger partial charge on any atom is 0.264 e. The zero-order chi connectivity index (χ0) is 23.7. The van der Waals surface area contributed by atoms with Crippen molar-refractivity contribution in [1.29, 1.82) is 0 Å². The van der Waals surface area contributed by atoms with E-state index in [1.807, 2.05) is 42.5 Å². The molecule has 0 aliphatic carbocycles. The summed E-state index contributed by atoms with van der Waals surface area (Å²) in [5, 5.41) is 8.34. The van der Waals surface area contributed by atoms with Crippen LogP contribution >= 0.6 is 11.6 Å². The molecule has 2 heterocycles. The standard InChI is InChI=1S/C24H20ClN5O3S/c1-33-22-10-6-5-9-19(22)21-15-20(16-11-13-17(25)14-12-16)26-24-27-23(28-30(21)24)29-34(31,32)18-7-3-2-4-8-18/h2-15,21H,1H3,(H2,26,27,28,29). The lowest BCUT2D eigenvalue weighted by Crippen LogP contribution is -2.20. The lowest BCUT2D eigenvalue weighted by Gasteiger charge is -2.25. The summed E-state index contributed by atoms with van der Waals surface area (Å²) in [7, 11) is -2.25. The zero-order valence-corrected chi connectivity index (χ0v) is 19.6. The van der Waals surface area contributed by atoms with Gasteiger partial charge in [0.05, 0.1) is 12.0 Å². The van der Waals surface area contributed by atoms with Gasteiger partial charge in [0.2, 0.25) is 5.95 Å². The lowest BCUT2D eigenvalue weighted by atomic mass is 10.0. The first kappa shape index (κ1) is 22.0. The molecular weight excluding hydrogens is 474 g/mol. The minimum atomic E-state index is -3.85. The van der Waals surface area contributed by atoms with Gasteiger partial charge < -0.3 is 10.1 Å². The molecule has 1 aliphatic rings. The van der Waals surface area contributed by atoms with Crippen LogP contribution in [0.2, 0.25) is 5.02 Å². The molecule has 1 aromatic heterocycles. The molecule has 0 radical (unpaired) electrons. The number of methoxy groups -OCH3 is 1. The number of benzene rings is 3. The monoisotopic (exact) mass is 493 g/mol. The Morgan fingerprint density at radius 3 is 2.44 bits per heavy atom. The topological polar surface area (TPSA) is 98.1 Å². The van der Waals surface area contributed by atoms with Gasteiger partial charge in [0.15, 0.2) is 0 Å². The number of fused-ring (bicyclic) bond motifs is 1. The van der Waals surface area contributed by atoms with E-state index in [0.717, 1.165) is 16.8 Å². The van der Waals surface area contributed by atoms with Crippen LogP contribution < -0.4 is 14.8 Å². The van der Waals surface area contributed by atoms with E-state index in [9.17, 15) is 8.42 Å². The van der Waals surface area contributed by atoms with Crippen molar-refractivity contribution in [2.75, 3.05) is 17.1 Å². The third kappa shape index (κ3) is 4.23. The van der Waals surface area contributed by atoms with Gasteiger partial charge in [-0.2, -0.15) is 4.98 Å². The quantitative estimate of drug-likeness (QED) is 0.400. The van der Waals surface area contributed by atoms with Crippen molar-refractivity contribution < 1.29 is 13.2 Å². The number of ether oxygens (including phenoxy) is 1. The summed E-state index contributed by atoms with van der Waals surface area (Å²) in [6.45, 7) is 0. The van der Waals surface area contributed by atoms with Crippen LogP contribution in [0.5, 0.6) is 5.75 Å². The molecule has 3 aromatic carbocycles. The van der Waals surface area contributed by atoms with E-state index in [4.69, 9.17) is 16.3 Å². The van der Waals surface area contributed by atoms with E-state index in [2.05, 4.69) is 20.1 Å².